The number of rotatable bonds is 5. The van der Waals surface area contributed by atoms with Crippen molar-refractivity contribution in [3.05, 3.63) is 0 Å². The Bertz CT molecular complexity index is 343. The fraction of sp³-hybridized carbons (Fsp3) is 0.938. The molecular weight excluding hydrogens is 268 g/mol. The van der Waals surface area contributed by atoms with Crippen LogP contribution in [-0.4, -0.2) is 71.9 Å². The van der Waals surface area contributed by atoms with Crippen molar-refractivity contribution in [2.75, 3.05) is 40.3 Å². The van der Waals surface area contributed by atoms with Gasteiger partial charge in [0, 0.05) is 13.1 Å². The molecule has 0 bridgehead atoms. The lowest BCUT2D eigenvalue weighted by Crippen LogP contribution is -2.49. The van der Waals surface area contributed by atoms with Gasteiger partial charge >= 0.3 is 5.97 Å². The maximum atomic E-state index is 11.0. The topological polar surface area (TPSA) is 64.0 Å². The van der Waals surface area contributed by atoms with Crippen LogP contribution in [0.2, 0.25) is 0 Å². The number of carboxylic acid groups (broad SMARTS) is 1. The van der Waals surface area contributed by atoms with E-state index in [1.54, 1.807) is 0 Å². The second kappa shape index (κ2) is 7.07. The van der Waals surface area contributed by atoms with Gasteiger partial charge in [0.05, 0.1) is 11.5 Å². The van der Waals surface area contributed by atoms with E-state index >= 15 is 0 Å². The van der Waals surface area contributed by atoms with E-state index in [2.05, 4.69) is 23.9 Å². The molecule has 0 aromatic carbocycles. The zero-order valence-electron chi connectivity index (χ0n) is 13.4. The summed E-state index contributed by atoms with van der Waals surface area (Å²) in [6.07, 6.45) is 4.88. The van der Waals surface area contributed by atoms with Gasteiger partial charge in [-0.3, -0.25) is 4.79 Å². The Balaban J connectivity index is 1.74. The van der Waals surface area contributed by atoms with E-state index in [-0.39, 0.29) is 5.92 Å². The van der Waals surface area contributed by atoms with Gasteiger partial charge in [-0.1, -0.05) is 0 Å². The molecule has 1 heterocycles. The van der Waals surface area contributed by atoms with Crippen molar-refractivity contribution in [1.82, 2.24) is 9.80 Å². The first-order valence-electron chi connectivity index (χ1n) is 8.20. The lowest BCUT2D eigenvalue weighted by Gasteiger charge is -2.41. The zero-order valence-corrected chi connectivity index (χ0v) is 13.4. The molecule has 1 aliphatic carbocycles. The first kappa shape index (κ1) is 16.7. The van der Waals surface area contributed by atoms with Gasteiger partial charge in [0.2, 0.25) is 0 Å². The molecule has 1 saturated carbocycles. The highest BCUT2D eigenvalue weighted by Crippen LogP contribution is 2.33. The van der Waals surface area contributed by atoms with E-state index in [9.17, 15) is 9.90 Å². The molecule has 0 amide bonds. The normalized spacial score (nSPS) is 32.5. The number of aliphatic carboxylic acids is 1. The summed E-state index contributed by atoms with van der Waals surface area (Å²) in [5.41, 5.74) is -0.666. The smallest absolute Gasteiger partial charge is 0.306 e. The largest absolute Gasteiger partial charge is 0.481 e. The summed E-state index contributed by atoms with van der Waals surface area (Å²) < 4.78 is 0. The molecule has 0 aromatic heterocycles. The third-order valence-corrected chi connectivity index (χ3v) is 5.11. The fourth-order valence-electron chi connectivity index (χ4n) is 3.82. The highest BCUT2D eigenvalue weighted by Gasteiger charge is 2.37. The van der Waals surface area contributed by atoms with Crippen molar-refractivity contribution in [3.63, 3.8) is 0 Å². The van der Waals surface area contributed by atoms with Crippen LogP contribution in [0.15, 0.2) is 0 Å². The lowest BCUT2D eigenvalue weighted by molar-refractivity contribution is -0.145. The minimum atomic E-state index is -0.707. The molecule has 0 atom stereocenters. The van der Waals surface area contributed by atoms with Gasteiger partial charge in [0.15, 0.2) is 0 Å². The first-order valence-corrected chi connectivity index (χ1v) is 8.20. The first-order chi connectivity index (χ1) is 9.88. The average Bonchev–Trinajstić information content (AvgIpc) is 2.40. The maximum Gasteiger partial charge on any atom is 0.306 e. The predicted octanol–water partition coefficient (Wildman–Crippen LogP) is 1.27. The van der Waals surface area contributed by atoms with Crippen LogP contribution in [0, 0.1) is 11.8 Å². The van der Waals surface area contributed by atoms with Crippen LogP contribution in [-0.2, 0) is 4.79 Å². The number of aliphatic hydroxyl groups is 1. The summed E-state index contributed by atoms with van der Waals surface area (Å²) in [6.45, 7) is 3.98. The monoisotopic (exact) mass is 298 g/mol. The van der Waals surface area contributed by atoms with Crippen molar-refractivity contribution in [2.45, 2.75) is 44.1 Å². The van der Waals surface area contributed by atoms with Crippen molar-refractivity contribution in [3.8, 4) is 0 Å². The molecule has 5 nitrogen and oxygen atoms in total. The van der Waals surface area contributed by atoms with Crippen molar-refractivity contribution in [1.29, 1.82) is 0 Å². The van der Waals surface area contributed by atoms with Crippen LogP contribution >= 0.6 is 0 Å². The number of β-amino-alcohol motifs (C(OH)–C–C–N with tert-alkyl or cyclic N) is 1. The van der Waals surface area contributed by atoms with Crippen LogP contribution in [0.4, 0.5) is 0 Å². The minimum absolute atomic E-state index is 0.254. The Morgan fingerprint density at radius 2 is 1.76 bits per heavy atom. The van der Waals surface area contributed by atoms with Crippen LogP contribution in [0.5, 0.6) is 0 Å². The molecule has 122 valence electrons. The van der Waals surface area contributed by atoms with Gasteiger partial charge in [-0.25, -0.2) is 0 Å². The second-order valence-corrected chi connectivity index (χ2v) is 7.32. The van der Waals surface area contributed by atoms with Gasteiger partial charge < -0.3 is 20.0 Å². The molecule has 0 aromatic rings. The molecule has 5 heteroatoms. The third-order valence-electron chi connectivity index (χ3n) is 5.11. The molecule has 1 aliphatic heterocycles. The summed E-state index contributed by atoms with van der Waals surface area (Å²) in [7, 11) is 4.24. The quantitative estimate of drug-likeness (QED) is 0.800. The van der Waals surface area contributed by atoms with E-state index in [1.807, 2.05) is 0 Å². The van der Waals surface area contributed by atoms with Gasteiger partial charge in [0.25, 0.3) is 0 Å². The Morgan fingerprint density at radius 1 is 1.19 bits per heavy atom. The van der Waals surface area contributed by atoms with E-state index < -0.39 is 11.6 Å². The van der Waals surface area contributed by atoms with Crippen molar-refractivity contribution >= 4 is 5.97 Å². The van der Waals surface area contributed by atoms with Crippen LogP contribution in [0.25, 0.3) is 0 Å². The maximum absolute atomic E-state index is 11.0. The molecule has 0 spiro atoms. The Labute approximate surface area is 127 Å². The molecule has 2 rings (SSSR count). The molecule has 21 heavy (non-hydrogen) atoms. The minimum Gasteiger partial charge on any atom is -0.481 e. The standard InChI is InChI=1S/C16H30N2O3/c1-17(2)11-13-5-9-18(10-6-13)12-16(21)7-3-14(4-8-16)15(19)20/h13-14,21H,3-12H2,1-2H3,(H,19,20). The van der Waals surface area contributed by atoms with E-state index in [0.717, 1.165) is 25.6 Å². The SMILES string of the molecule is CN(C)CC1CCN(CC2(O)CCC(C(=O)O)CC2)CC1. The van der Waals surface area contributed by atoms with Crippen LogP contribution < -0.4 is 0 Å². The van der Waals surface area contributed by atoms with E-state index in [4.69, 9.17) is 5.11 Å². The molecule has 2 fully saturated rings. The number of hydrogen-bond acceptors (Lipinski definition) is 4. The van der Waals surface area contributed by atoms with E-state index in [0.29, 0.717) is 32.2 Å². The molecule has 1 saturated heterocycles. The molecule has 2 aliphatic rings. The molecule has 0 unspecified atom stereocenters. The Kier molecular flexibility index (Phi) is 5.63. The van der Waals surface area contributed by atoms with Crippen molar-refractivity contribution in [2.24, 2.45) is 11.8 Å². The summed E-state index contributed by atoms with van der Waals surface area (Å²) in [6, 6.07) is 0. The van der Waals surface area contributed by atoms with Gasteiger partial charge in [0.1, 0.15) is 0 Å². The third kappa shape index (κ3) is 4.94. The second-order valence-electron chi connectivity index (χ2n) is 7.32. The lowest BCUT2D eigenvalue weighted by atomic mass is 9.78. The van der Waals surface area contributed by atoms with Crippen molar-refractivity contribution < 1.29 is 15.0 Å². The van der Waals surface area contributed by atoms with Gasteiger partial charge in [-0.15, -0.1) is 0 Å². The number of carboxylic acids is 1. The summed E-state index contributed by atoms with van der Waals surface area (Å²) >= 11 is 0. The highest BCUT2D eigenvalue weighted by atomic mass is 16.4. The van der Waals surface area contributed by atoms with Gasteiger partial charge in [-0.05, 0) is 71.6 Å². The number of likely N-dealkylation sites (tertiary alicyclic amines) is 1. The van der Waals surface area contributed by atoms with Crippen LogP contribution in [0.1, 0.15) is 38.5 Å². The number of nitrogens with zero attached hydrogens (tertiary/aromatic N) is 2. The molecule has 0 radical (unpaired) electrons. The number of carbonyl (C=O) groups is 1. The van der Waals surface area contributed by atoms with E-state index in [1.165, 1.54) is 12.8 Å². The summed E-state index contributed by atoms with van der Waals surface area (Å²) in [5, 5.41) is 19.7. The Hall–Kier alpha value is -0.650. The predicted molar refractivity (Wildman–Crippen MR) is 82.3 cm³/mol. The fourth-order valence-corrected chi connectivity index (χ4v) is 3.82. The summed E-state index contributed by atoms with van der Waals surface area (Å²) in [5.74, 6) is -0.189. The van der Waals surface area contributed by atoms with Gasteiger partial charge in [-0.2, -0.15) is 0 Å². The molecular formula is C16H30N2O3. The number of hydrogen-bond donors (Lipinski definition) is 2. The zero-order chi connectivity index (χ0) is 15.5. The average molecular weight is 298 g/mol. The van der Waals surface area contributed by atoms with Crippen LogP contribution in [0.3, 0.4) is 0 Å². The summed E-state index contributed by atoms with van der Waals surface area (Å²) in [4.78, 5) is 15.6. The Morgan fingerprint density at radius 3 is 2.24 bits per heavy atom. The highest BCUT2D eigenvalue weighted by molar-refractivity contribution is 5.70. The number of piperidine rings is 1. The molecule has 2 N–H and O–H groups in total.